The average molecular weight is 303 g/mol. The van der Waals surface area contributed by atoms with E-state index in [0.717, 1.165) is 24.4 Å². The van der Waals surface area contributed by atoms with Crippen LogP contribution in [-0.2, 0) is 4.74 Å². The lowest BCUT2D eigenvalue weighted by Crippen LogP contribution is -2.08. The highest BCUT2D eigenvalue weighted by Gasteiger charge is 2.01. The summed E-state index contributed by atoms with van der Waals surface area (Å²) in [5.74, 6) is 1.96. The van der Waals surface area contributed by atoms with Crippen LogP contribution in [0, 0.1) is 0 Å². The molecule has 0 unspecified atom stereocenters. The molecule has 0 aliphatic carbocycles. The van der Waals surface area contributed by atoms with Gasteiger partial charge in [-0.1, -0.05) is 0 Å². The molecule has 1 aromatic heterocycles. The summed E-state index contributed by atoms with van der Waals surface area (Å²) in [6.45, 7) is 4.09. The van der Waals surface area contributed by atoms with Crippen molar-refractivity contribution < 1.29 is 9.47 Å². The maximum Gasteiger partial charge on any atom is 0.249 e. The Morgan fingerprint density at radius 3 is 2.73 bits per heavy atom. The molecule has 0 aliphatic rings. The summed E-state index contributed by atoms with van der Waals surface area (Å²) in [5, 5.41) is 14.2. The van der Waals surface area contributed by atoms with E-state index in [1.54, 1.807) is 13.3 Å². The number of ether oxygens (including phenoxy) is 2. The van der Waals surface area contributed by atoms with Crippen molar-refractivity contribution in [1.82, 2.24) is 15.2 Å². The summed E-state index contributed by atoms with van der Waals surface area (Å²) in [6.07, 6.45) is 2.50. The molecule has 0 fully saturated rings. The Morgan fingerprint density at radius 1 is 1.18 bits per heavy atom. The van der Waals surface area contributed by atoms with Crippen LogP contribution in [0.3, 0.4) is 0 Å². The molecule has 7 heteroatoms. The Balaban J connectivity index is 1.91. The van der Waals surface area contributed by atoms with Crippen LogP contribution in [0.25, 0.3) is 0 Å². The zero-order valence-electron chi connectivity index (χ0n) is 12.9. The Morgan fingerprint density at radius 2 is 2.00 bits per heavy atom. The van der Waals surface area contributed by atoms with Gasteiger partial charge in [-0.2, -0.15) is 10.1 Å². The quantitative estimate of drug-likeness (QED) is 0.689. The number of rotatable bonds is 9. The van der Waals surface area contributed by atoms with Crippen molar-refractivity contribution in [2.45, 2.75) is 13.3 Å². The van der Waals surface area contributed by atoms with Gasteiger partial charge in [-0.25, -0.2) is 0 Å². The maximum absolute atomic E-state index is 5.40. The normalized spacial score (nSPS) is 10.3. The molecule has 0 aliphatic heterocycles. The van der Waals surface area contributed by atoms with Crippen LogP contribution >= 0.6 is 0 Å². The summed E-state index contributed by atoms with van der Waals surface area (Å²) >= 11 is 0. The number of nitrogens with one attached hydrogen (secondary N) is 2. The van der Waals surface area contributed by atoms with Gasteiger partial charge < -0.3 is 20.1 Å². The number of hydrogen-bond acceptors (Lipinski definition) is 7. The summed E-state index contributed by atoms with van der Waals surface area (Å²) < 4.78 is 10.4. The van der Waals surface area contributed by atoms with Gasteiger partial charge in [-0.3, -0.25) is 0 Å². The van der Waals surface area contributed by atoms with E-state index in [2.05, 4.69) is 25.8 Å². The highest BCUT2D eigenvalue weighted by molar-refractivity contribution is 5.55. The first-order valence-electron chi connectivity index (χ1n) is 7.24. The van der Waals surface area contributed by atoms with Crippen LogP contribution in [0.4, 0.5) is 17.5 Å². The molecule has 22 heavy (non-hydrogen) atoms. The number of anilines is 3. The van der Waals surface area contributed by atoms with Gasteiger partial charge in [0, 0.05) is 25.9 Å². The van der Waals surface area contributed by atoms with Gasteiger partial charge >= 0.3 is 0 Å². The van der Waals surface area contributed by atoms with Crippen molar-refractivity contribution in [3.63, 3.8) is 0 Å². The molecule has 0 atom stereocenters. The van der Waals surface area contributed by atoms with Crippen LogP contribution in [0.15, 0.2) is 30.5 Å². The molecule has 0 bridgehead atoms. The molecule has 2 rings (SSSR count). The number of methoxy groups -OCH3 is 1. The van der Waals surface area contributed by atoms with E-state index >= 15 is 0 Å². The van der Waals surface area contributed by atoms with E-state index in [9.17, 15) is 0 Å². The van der Waals surface area contributed by atoms with Gasteiger partial charge in [-0.05, 0) is 37.6 Å². The molecule has 0 spiro atoms. The fraction of sp³-hybridized carbons (Fsp3) is 0.400. The molecule has 1 aromatic carbocycles. The fourth-order valence-corrected chi connectivity index (χ4v) is 1.80. The van der Waals surface area contributed by atoms with Gasteiger partial charge in [0.25, 0.3) is 0 Å². The molecule has 1 heterocycles. The standard InChI is InChI=1S/C15H21N5O2/c1-3-22-13-7-5-12(6-8-13)18-15-19-14(11-17-20-15)16-9-4-10-21-2/h5-8,11H,3-4,9-10H2,1-2H3,(H2,16,18,19,20). The van der Waals surface area contributed by atoms with Crippen molar-refractivity contribution in [2.24, 2.45) is 0 Å². The summed E-state index contributed by atoms with van der Waals surface area (Å²) in [7, 11) is 1.69. The van der Waals surface area contributed by atoms with Crippen molar-refractivity contribution >= 4 is 17.5 Å². The third-order valence-corrected chi connectivity index (χ3v) is 2.81. The predicted octanol–water partition coefficient (Wildman–Crippen LogP) is 2.46. The summed E-state index contributed by atoms with van der Waals surface area (Å²) in [5.41, 5.74) is 0.877. The lowest BCUT2D eigenvalue weighted by atomic mass is 10.3. The van der Waals surface area contributed by atoms with E-state index in [0.29, 0.717) is 25.0 Å². The SMILES string of the molecule is CCOc1ccc(Nc2nncc(NCCCOC)n2)cc1. The number of aromatic nitrogens is 3. The van der Waals surface area contributed by atoms with Crippen molar-refractivity contribution in [3.05, 3.63) is 30.5 Å². The van der Waals surface area contributed by atoms with Crippen molar-refractivity contribution in [2.75, 3.05) is 37.5 Å². The second kappa shape index (κ2) is 8.78. The summed E-state index contributed by atoms with van der Waals surface area (Å²) in [6, 6.07) is 7.61. The van der Waals surface area contributed by atoms with Crippen LogP contribution in [0.2, 0.25) is 0 Å². The second-order valence-corrected chi connectivity index (χ2v) is 4.52. The van der Waals surface area contributed by atoms with Gasteiger partial charge in [0.15, 0.2) is 5.82 Å². The zero-order valence-corrected chi connectivity index (χ0v) is 12.9. The van der Waals surface area contributed by atoms with Crippen LogP contribution in [0.5, 0.6) is 5.75 Å². The molecule has 7 nitrogen and oxygen atoms in total. The molecular formula is C15H21N5O2. The van der Waals surface area contributed by atoms with Crippen LogP contribution in [0.1, 0.15) is 13.3 Å². The average Bonchev–Trinajstić information content (AvgIpc) is 2.54. The Kier molecular flexibility index (Phi) is 6.38. The second-order valence-electron chi connectivity index (χ2n) is 4.52. The smallest absolute Gasteiger partial charge is 0.249 e. The highest BCUT2D eigenvalue weighted by Crippen LogP contribution is 2.18. The number of benzene rings is 1. The highest BCUT2D eigenvalue weighted by atomic mass is 16.5. The van der Waals surface area contributed by atoms with Crippen molar-refractivity contribution in [1.29, 1.82) is 0 Å². The fourth-order valence-electron chi connectivity index (χ4n) is 1.80. The van der Waals surface area contributed by atoms with E-state index in [1.165, 1.54) is 0 Å². The Labute approximate surface area is 130 Å². The zero-order chi connectivity index (χ0) is 15.6. The molecule has 2 N–H and O–H groups in total. The minimum absolute atomic E-state index is 0.445. The van der Waals surface area contributed by atoms with Gasteiger partial charge in [0.05, 0.1) is 12.8 Å². The maximum atomic E-state index is 5.40. The Hall–Kier alpha value is -2.41. The Bertz CT molecular complexity index is 562. The molecule has 2 aromatic rings. The first kappa shape index (κ1) is 16.0. The summed E-state index contributed by atoms with van der Waals surface area (Å²) in [4.78, 5) is 4.36. The molecule has 0 amide bonds. The predicted molar refractivity (Wildman–Crippen MR) is 85.7 cm³/mol. The molecule has 118 valence electrons. The van der Waals surface area contributed by atoms with E-state index in [4.69, 9.17) is 9.47 Å². The topological polar surface area (TPSA) is 81.2 Å². The third kappa shape index (κ3) is 5.17. The molecule has 0 radical (unpaired) electrons. The minimum Gasteiger partial charge on any atom is -0.494 e. The number of nitrogens with zero attached hydrogens (tertiary/aromatic N) is 3. The largest absolute Gasteiger partial charge is 0.494 e. The van der Waals surface area contributed by atoms with Crippen LogP contribution < -0.4 is 15.4 Å². The molecule has 0 saturated heterocycles. The first-order valence-corrected chi connectivity index (χ1v) is 7.24. The monoisotopic (exact) mass is 303 g/mol. The lowest BCUT2D eigenvalue weighted by Gasteiger charge is -2.08. The van der Waals surface area contributed by atoms with E-state index < -0.39 is 0 Å². The first-order chi connectivity index (χ1) is 10.8. The van der Waals surface area contributed by atoms with E-state index in [-0.39, 0.29) is 0 Å². The lowest BCUT2D eigenvalue weighted by molar-refractivity contribution is 0.197. The van der Waals surface area contributed by atoms with Crippen molar-refractivity contribution in [3.8, 4) is 5.75 Å². The molecule has 0 saturated carbocycles. The minimum atomic E-state index is 0.445. The molecular weight excluding hydrogens is 282 g/mol. The van der Waals surface area contributed by atoms with Gasteiger partial charge in [0.2, 0.25) is 5.95 Å². The van der Waals surface area contributed by atoms with Gasteiger partial charge in [0.1, 0.15) is 5.75 Å². The van der Waals surface area contributed by atoms with Crippen LogP contribution in [-0.4, -0.2) is 42.0 Å². The third-order valence-electron chi connectivity index (χ3n) is 2.81. The number of hydrogen-bond donors (Lipinski definition) is 2. The van der Waals surface area contributed by atoms with Gasteiger partial charge in [-0.15, -0.1) is 5.10 Å². The van der Waals surface area contributed by atoms with E-state index in [1.807, 2.05) is 31.2 Å².